The first-order valence-electron chi connectivity index (χ1n) is 7.24. The molecule has 1 saturated heterocycles. The minimum atomic E-state index is -3.13. The Labute approximate surface area is 133 Å². The van der Waals surface area contributed by atoms with Gasteiger partial charge in [-0.1, -0.05) is 12.1 Å². The van der Waals surface area contributed by atoms with Crippen molar-refractivity contribution in [1.82, 2.24) is 4.90 Å². The van der Waals surface area contributed by atoms with Gasteiger partial charge in [-0.2, -0.15) is 0 Å². The van der Waals surface area contributed by atoms with Crippen molar-refractivity contribution in [2.75, 3.05) is 18.8 Å². The van der Waals surface area contributed by atoms with Gasteiger partial charge >= 0.3 is 0 Å². The van der Waals surface area contributed by atoms with Gasteiger partial charge in [0, 0.05) is 13.1 Å². The predicted molar refractivity (Wildman–Crippen MR) is 83.3 cm³/mol. The third-order valence-corrected chi connectivity index (χ3v) is 6.11. The average Bonchev–Trinajstić information content (AvgIpc) is 2.99. The number of carbonyl (C=O) groups is 1. The lowest BCUT2D eigenvalue weighted by atomic mass is 10.1. The lowest BCUT2D eigenvalue weighted by molar-refractivity contribution is 0.0729. The van der Waals surface area contributed by atoms with E-state index in [-0.39, 0.29) is 41.8 Å². The third kappa shape index (κ3) is 3.01. The van der Waals surface area contributed by atoms with Crippen molar-refractivity contribution < 1.29 is 22.0 Å². The Balaban J connectivity index is 1.81. The van der Waals surface area contributed by atoms with E-state index in [1.54, 1.807) is 25.1 Å². The van der Waals surface area contributed by atoms with E-state index in [9.17, 15) is 17.6 Å². The van der Waals surface area contributed by atoms with Crippen molar-refractivity contribution >= 4 is 15.7 Å². The van der Waals surface area contributed by atoms with Crippen LogP contribution in [0.25, 0.3) is 11.3 Å². The van der Waals surface area contributed by atoms with E-state index in [0.29, 0.717) is 0 Å². The standard InChI is InChI=1S/C16H16FNO4S/c1-11-10-18(8-9-23(11,20)21)16(19)15-7-6-14(22-15)12-4-2-3-5-13(12)17/h2-7,11H,8-10H2,1H3/t11-/m0/s1. The molecule has 2 aromatic rings. The molecular weight excluding hydrogens is 321 g/mol. The van der Waals surface area contributed by atoms with E-state index in [0.717, 1.165) is 0 Å². The van der Waals surface area contributed by atoms with Crippen LogP contribution in [0.5, 0.6) is 0 Å². The van der Waals surface area contributed by atoms with Crippen molar-refractivity contribution in [2.45, 2.75) is 12.2 Å². The molecule has 1 aromatic carbocycles. The Kier molecular flexibility index (Phi) is 3.97. The second-order valence-electron chi connectivity index (χ2n) is 5.57. The van der Waals surface area contributed by atoms with Crippen LogP contribution in [0, 0.1) is 5.82 Å². The highest BCUT2D eigenvalue weighted by Crippen LogP contribution is 2.26. The molecule has 23 heavy (non-hydrogen) atoms. The first kappa shape index (κ1) is 15.7. The fraction of sp³-hybridized carbons (Fsp3) is 0.312. The molecule has 1 amide bonds. The van der Waals surface area contributed by atoms with Crippen molar-refractivity contribution in [3.05, 3.63) is 48.0 Å². The number of sulfone groups is 1. The summed E-state index contributed by atoms with van der Waals surface area (Å²) in [6, 6.07) is 9.16. The van der Waals surface area contributed by atoms with Gasteiger partial charge < -0.3 is 9.32 Å². The molecule has 122 valence electrons. The molecule has 0 bridgehead atoms. The lowest BCUT2D eigenvalue weighted by Gasteiger charge is -2.30. The second-order valence-corrected chi connectivity index (χ2v) is 8.11. The van der Waals surface area contributed by atoms with Crippen LogP contribution in [-0.2, 0) is 9.84 Å². The number of nitrogens with zero attached hydrogens (tertiary/aromatic N) is 1. The van der Waals surface area contributed by atoms with Gasteiger partial charge in [0.1, 0.15) is 11.6 Å². The van der Waals surface area contributed by atoms with Crippen molar-refractivity contribution in [2.24, 2.45) is 0 Å². The predicted octanol–water partition coefficient (Wildman–Crippen LogP) is 2.34. The Morgan fingerprint density at radius 1 is 1.26 bits per heavy atom. The highest BCUT2D eigenvalue weighted by molar-refractivity contribution is 7.92. The quantitative estimate of drug-likeness (QED) is 0.843. The normalized spacial score (nSPS) is 20.4. The zero-order chi connectivity index (χ0) is 16.6. The Hall–Kier alpha value is -2.15. The number of rotatable bonds is 2. The van der Waals surface area contributed by atoms with Gasteiger partial charge in [0.15, 0.2) is 15.6 Å². The van der Waals surface area contributed by atoms with Crippen LogP contribution in [0.4, 0.5) is 4.39 Å². The minimum Gasteiger partial charge on any atom is -0.451 e. The molecule has 5 nitrogen and oxygen atoms in total. The highest BCUT2D eigenvalue weighted by atomic mass is 32.2. The number of amides is 1. The molecule has 1 aliphatic rings. The van der Waals surface area contributed by atoms with Crippen LogP contribution in [-0.4, -0.2) is 43.3 Å². The summed E-state index contributed by atoms with van der Waals surface area (Å²) in [6.45, 7) is 1.86. The summed E-state index contributed by atoms with van der Waals surface area (Å²) in [5.74, 6) is -0.521. The van der Waals surface area contributed by atoms with Gasteiger partial charge in [-0.05, 0) is 31.2 Å². The van der Waals surface area contributed by atoms with Gasteiger partial charge in [-0.25, -0.2) is 12.8 Å². The molecule has 7 heteroatoms. The number of benzene rings is 1. The molecule has 1 atom stereocenters. The molecule has 0 unspecified atom stereocenters. The van der Waals surface area contributed by atoms with Crippen LogP contribution >= 0.6 is 0 Å². The van der Waals surface area contributed by atoms with Crippen LogP contribution in [0.3, 0.4) is 0 Å². The lowest BCUT2D eigenvalue weighted by Crippen LogP contribution is -2.48. The van der Waals surface area contributed by atoms with E-state index < -0.39 is 20.9 Å². The SMILES string of the molecule is C[C@H]1CN(C(=O)c2ccc(-c3ccccc3F)o2)CCS1(=O)=O. The number of carbonyl (C=O) groups excluding carboxylic acids is 1. The smallest absolute Gasteiger partial charge is 0.289 e. The summed E-state index contributed by atoms with van der Waals surface area (Å²) < 4.78 is 42.6. The van der Waals surface area contributed by atoms with E-state index >= 15 is 0 Å². The van der Waals surface area contributed by atoms with Gasteiger partial charge in [0.2, 0.25) is 0 Å². The summed E-state index contributed by atoms with van der Waals surface area (Å²) in [4.78, 5) is 13.9. The molecule has 1 aromatic heterocycles. The topological polar surface area (TPSA) is 67.6 Å². The van der Waals surface area contributed by atoms with Crippen molar-refractivity contribution in [1.29, 1.82) is 0 Å². The Morgan fingerprint density at radius 2 is 2.00 bits per heavy atom. The Morgan fingerprint density at radius 3 is 2.70 bits per heavy atom. The van der Waals surface area contributed by atoms with Crippen LogP contribution in [0.1, 0.15) is 17.5 Å². The van der Waals surface area contributed by atoms with Gasteiger partial charge in [-0.3, -0.25) is 4.79 Å². The van der Waals surface area contributed by atoms with E-state index in [1.807, 2.05) is 0 Å². The van der Waals surface area contributed by atoms with Crippen LogP contribution < -0.4 is 0 Å². The molecule has 3 rings (SSSR count). The molecule has 2 heterocycles. The molecule has 0 spiro atoms. The molecule has 0 saturated carbocycles. The van der Waals surface area contributed by atoms with Crippen molar-refractivity contribution in [3.8, 4) is 11.3 Å². The number of hydrogen-bond acceptors (Lipinski definition) is 4. The fourth-order valence-corrected chi connectivity index (χ4v) is 3.84. The summed E-state index contributed by atoms with van der Waals surface area (Å²) >= 11 is 0. The maximum Gasteiger partial charge on any atom is 0.289 e. The maximum absolute atomic E-state index is 13.8. The largest absolute Gasteiger partial charge is 0.451 e. The van der Waals surface area contributed by atoms with E-state index in [4.69, 9.17) is 4.42 Å². The van der Waals surface area contributed by atoms with Crippen LogP contribution in [0.15, 0.2) is 40.8 Å². The van der Waals surface area contributed by atoms with Crippen molar-refractivity contribution in [3.63, 3.8) is 0 Å². The number of furan rings is 1. The minimum absolute atomic E-state index is 0.0548. The van der Waals surface area contributed by atoms with Gasteiger partial charge in [-0.15, -0.1) is 0 Å². The molecule has 1 fully saturated rings. The van der Waals surface area contributed by atoms with Gasteiger partial charge in [0.25, 0.3) is 5.91 Å². The highest BCUT2D eigenvalue weighted by Gasteiger charge is 2.33. The third-order valence-electron chi connectivity index (χ3n) is 3.98. The van der Waals surface area contributed by atoms with Gasteiger partial charge in [0.05, 0.1) is 16.6 Å². The summed E-state index contributed by atoms with van der Waals surface area (Å²) in [6.07, 6.45) is 0. The number of halogens is 1. The first-order valence-corrected chi connectivity index (χ1v) is 8.95. The van der Waals surface area contributed by atoms with Crippen LogP contribution in [0.2, 0.25) is 0 Å². The van der Waals surface area contributed by atoms with E-state index in [2.05, 4.69) is 0 Å². The second kappa shape index (κ2) is 5.81. The Bertz CT molecular complexity index is 843. The fourth-order valence-electron chi connectivity index (χ4n) is 2.55. The number of hydrogen-bond donors (Lipinski definition) is 0. The summed E-state index contributed by atoms with van der Waals surface area (Å²) in [5, 5.41) is -0.596. The zero-order valence-corrected chi connectivity index (χ0v) is 13.3. The van der Waals surface area contributed by atoms with E-state index in [1.165, 1.54) is 23.1 Å². The molecule has 0 N–H and O–H groups in total. The average molecular weight is 337 g/mol. The summed E-state index contributed by atoms with van der Waals surface area (Å²) in [7, 11) is -3.13. The maximum atomic E-state index is 13.8. The zero-order valence-electron chi connectivity index (χ0n) is 12.5. The monoisotopic (exact) mass is 337 g/mol. The molecule has 1 aliphatic heterocycles. The summed E-state index contributed by atoms with van der Waals surface area (Å²) in [5.41, 5.74) is 0.279. The molecular formula is C16H16FNO4S. The molecule has 0 aliphatic carbocycles. The molecule has 0 radical (unpaired) electrons. The first-order chi connectivity index (χ1) is 10.9.